The third-order valence-corrected chi connectivity index (χ3v) is 5.00. The summed E-state index contributed by atoms with van der Waals surface area (Å²) in [5.74, 6) is -0.796. The zero-order valence-corrected chi connectivity index (χ0v) is 16.3. The molecule has 1 heterocycles. The van der Waals surface area contributed by atoms with E-state index in [1.54, 1.807) is 25.1 Å². The van der Waals surface area contributed by atoms with Crippen molar-refractivity contribution in [3.63, 3.8) is 0 Å². The van der Waals surface area contributed by atoms with E-state index in [4.69, 9.17) is 17.0 Å². The van der Waals surface area contributed by atoms with Crippen molar-refractivity contribution in [1.82, 2.24) is 10.4 Å². The Bertz CT molecular complexity index is 990. The standard InChI is InChI=1S/C19H16N2O5S2/c1-2-26-15-8-11(6-7-14(15)23)9-16-18(25)21(19(27)28-16)20-17(24)12-4-3-5-13(22)10-12/h3-10,22-23H,2H2,1H3,(H,20,24). The minimum absolute atomic E-state index is 0.00456. The van der Waals surface area contributed by atoms with E-state index in [1.165, 1.54) is 30.3 Å². The lowest BCUT2D eigenvalue weighted by Gasteiger charge is -2.15. The summed E-state index contributed by atoms with van der Waals surface area (Å²) < 4.78 is 5.51. The first-order valence-corrected chi connectivity index (χ1v) is 9.45. The van der Waals surface area contributed by atoms with E-state index in [2.05, 4.69) is 5.43 Å². The van der Waals surface area contributed by atoms with E-state index < -0.39 is 11.8 Å². The molecular weight excluding hydrogens is 400 g/mol. The van der Waals surface area contributed by atoms with Crippen LogP contribution in [0.2, 0.25) is 0 Å². The van der Waals surface area contributed by atoms with Gasteiger partial charge in [0.15, 0.2) is 15.8 Å². The van der Waals surface area contributed by atoms with Crippen LogP contribution >= 0.6 is 24.0 Å². The summed E-state index contributed by atoms with van der Waals surface area (Å²) in [6, 6.07) is 10.5. The summed E-state index contributed by atoms with van der Waals surface area (Å²) in [5, 5.41) is 20.3. The molecule has 3 rings (SSSR count). The highest BCUT2D eigenvalue weighted by Gasteiger charge is 2.33. The van der Waals surface area contributed by atoms with Crippen LogP contribution in [-0.4, -0.2) is 38.0 Å². The Balaban J connectivity index is 1.79. The van der Waals surface area contributed by atoms with E-state index >= 15 is 0 Å². The molecule has 2 aromatic carbocycles. The number of thioether (sulfide) groups is 1. The highest BCUT2D eigenvalue weighted by Crippen LogP contribution is 2.33. The maximum atomic E-state index is 12.6. The number of rotatable bonds is 5. The van der Waals surface area contributed by atoms with Gasteiger partial charge in [-0.15, -0.1) is 0 Å². The van der Waals surface area contributed by atoms with Gasteiger partial charge in [-0.2, -0.15) is 5.01 Å². The van der Waals surface area contributed by atoms with Crippen LogP contribution in [0.3, 0.4) is 0 Å². The van der Waals surface area contributed by atoms with Crippen molar-refractivity contribution in [2.45, 2.75) is 6.92 Å². The number of carbonyl (C=O) groups excluding carboxylic acids is 2. The number of aromatic hydroxyl groups is 2. The number of phenolic OH excluding ortho intramolecular Hbond substituents is 2. The van der Waals surface area contributed by atoms with Gasteiger partial charge in [0.25, 0.3) is 11.8 Å². The van der Waals surface area contributed by atoms with Crippen LogP contribution in [0.5, 0.6) is 17.2 Å². The molecule has 7 nitrogen and oxygen atoms in total. The Labute approximate surface area is 170 Å². The first kappa shape index (κ1) is 19.7. The largest absolute Gasteiger partial charge is 0.508 e. The molecule has 2 aromatic rings. The average Bonchev–Trinajstić information content (AvgIpc) is 2.92. The van der Waals surface area contributed by atoms with E-state index in [-0.39, 0.29) is 21.4 Å². The van der Waals surface area contributed by atoms with E-state index in [1.807, 2.05) is 0 Å². The zero-order valence-electron chi connectivity index (χ0n) is 14.7. The monoisotopic (exact) mass is 416 g/mol. The van der Waals surface area contributed by atoms with E-state index in [0.29, 0.717) is 22.8 Å². The van der Waals surface area contributed by atoms with Crippen LogP contribution in [0.15, 0.2) is 47.4 Å². The minimum atomic E-state index is -0.572. The van der Waals surface area contributed by atoms with Crippen molar-refractivity contribution in [2.24, 2.45) is 0 Å². The Morgan fingerprint density at radius 1 is 1.29 bits per heavy atom. The minimum Gasteiger partial charge on any atom is -0.508 e. The van der Waals surface area contributed by atoms with Crippen LogP contribution in [0.4, 0.5) is 0 Å². The Morgan fingerprint density at radius 2 is 2.07 bits per heavy atom. The van der Waals surface area contributed by atoms with Gasteiger partial charge in [-0.3, -0.25) is 15.0 Å². The summed E-state index contributed by atoms with van der Waals surface area (Å²) >= 11 is 6.23. The lowest BCUT2D eigenvalue weighted by molar-refractivity contribution is -0.123. The molecule has 3 N–H and O–H groups in total. The van der Waals surface area contributed by atoms with Crippen LogP contribution in [-0.2, 0) is 4.79 Å². The predicted molar refractivity (Wildman–Crippen MR) is 110 cm³/mol. The molecule has 1 aliphatic rings. The normalized spacial score (nSPS) is 15.2. The van der Waals surface area contributed by atoms with Gasteiger partial charge in [-0.1, -0.05) is 23.9 Å². The number of thiocarbonyl (C=S) groups is 1. The second-order valence-corrected chi connectivity index (χ2v) is 7.34. The first-order valence-electron chi connectivity index (χ1n) is 8.23. The van der Waals surface area contributed by atoms with Gasteiger partial charge in [0.05, 0.1) is 11.5 Å². The number of nitrogens with one attached hydrogen (secondary N) is 1. The predicted octanol–water partition coefficient (Wildman–Crippen LogP) is 3.04. The van der Waals surface area contributed by atoms with Gasteiger partial charge in [0, 0.05) is 5.56 Å². The van der Waals surface area contributed by atoms with Gasteiger partial charge < -0.3 is 14.9 Å². The molecule has 0 saturated carbocycles. The quantitative estimate of drug-likeness (QED) is 0.509. The smallest absolute Gasteiger partial charge is 0.285 e. The van der Waals surface area contributed by atoms with Gasteiger partial charge in [0.1, 0.15) is 5.75 Å². The molecule has 1 aliphatic heterocycles. The van der Waals surface area contributed by atoms with E-state index in [0.717, 1.165) is 16.8 Å². The fourth-order valence-corrected chi connectivity index (χ4v) is 3.60. The van der Waals surface area contributed by atoms with Crippen molar-refractivity contribution in [3.8, 4) is 17.2 Å². The summed E-state index contributed by atoms with van der Waals surface area (Å²) in [6.45, 7) is 2.19. The number of hydrogen-bond donors (Lipinski definition) is 3. The van der Waals surface area contributed by atoms with Crippen molar-refractivity contribution < 1.29 is 24.5 Å². The molecule has 1 saturated heterocycles. The summed E-state index contributed by atoms with van der Waals surface area (Å²) in [5.41, 5.74) is 3.28. The fraction of sp³-hybridized carbons (Fsp3) is 0.105. The molecular formula is C19H16N2O5S2. The van der Waals surface area contributed by atoms with Crippen LogP contribution in [0, 0.1) is 0 Å². The second-order valence-electron chi connectivity index (χ2n) is 5.67. The molecule has 0 spiro atoms. The number of benzene rings is 2. The van der Waals surface area contributed by atoms with Crippen LogP contribution in [0.25, 0.3) is 6.08 Å². The Hall–Kier alpha value is -3.04. The maximum Gasteiger partial charge on any atom is 0.285 e. The molecule has 9 heteroatoms. The highest BCUT2D eigenvalue weighted by molar-refractivity contribution is 8.26. The van der Waals surface area contributed by atoms with Crippen LogP contribution < -0.4 is 10.2 Å². The molecule has 0 radical (unpaired) electrons. The molecule has 2 amide bonds. The van der Waals surface area contributed by atoms with Crippen molar-refractivity contribution in [1.29, 1.82) is 0 Å². The van der Waals surface area contributed by atoms with Gasteiger partial charge >= 0.3 is 0 Å². The third kappa shape index (κ3) is 4.26. The van der Waals surface area contributed by atoms with E-state index in [9.17, 15) is 19.8 Å². The van der Waals surface area contributed by atoms with Crippen LogP contribution in [0.1, 0.15) is 22.8 Å². The van der Waals surface area contributed by atoms with Gasteiger partial charge in [-0.25, -0.2) is 0 Å². The Kier molecular flexibility index (Phi) is 5.86. The topological polar surface area (TPSA) is 99.1 Å². The summed E-state index contributed by atoms with van der Waals surface area (Å²) in [6.07, 6.45) is 1.60. The molecule has 0 bridgehead atoms. The average molecular weight is 416 g/mol. The lowest BCUT2D eigenvalue weighted by atomic mass is 10.2. The number of hydrazine groups is 1. The molecule has 144 valence electrons. The molecule has 0 atom stereocenters. The number of amides is 2. The molecule has 28 heavy (non-hydrogen) atoms. The number of carbonyl (C=O) groups is 2. The van der Waals surface area contributed by atoms with Gasteiger partial charge in [0.2, 0.25) is 0 Å². The molecule has 0 aliphatic carbocycles. The summed E-state index contributed by atoms with van der Waals surface area (Å²) in [4.78, 5) is 25.3. The van der Waals surface area contributed by atoms with Crippen molar-refractivity contribution in [2.75, 3.05) is 6.61 Å². The van der Waals surface area contributed by atoms with Gasteiger partial charge in [-0.05, 0) is 61.1 Å². The number of phenols is 2. The summed E-state index contributed by atoms with van der Waals surface area (Å²) in [7, 11) is 0. The number of ether oxygens (including phenoxy) is 1. The third-order valence-electron chi connectivity index (χ3n) is 3.70. The zero-order chi connectivity index (χ0) is 20.3. The maximum absolute atomic E-state index is 12.6. The lowest BCUT2D eigenvalue weighted by Crippen LogP contribution is -2.44. The fourth-order valence-electron chi connectivity index (χ4n) is 2.42. The molecule has 0 aromatic heterocycles. The number of hydrogen-bond acceptors (Lipinski definition) is 7. The first-order chi connectivity index (χ1) is 13.4. The molecule has 1 fully saturated rings. The second kappa shape index (κ2) is 8.32. The van der Waals surface area contributed by atoms with Crippen molar-refractivity contribution >= 4 is 46.2 Å². The molecule has 0 unspecified atom stereocenters. The Morgan fingerprint density at radius 3 is 2.79 bits per heavy atom. The van der Waals surface area contributed by atoms with Crippen molar-refractivity contribution in [3.05, 3.63) is 58.5 Å². The number of nitrogens with zero attached hydrogens (tertiary/aromatic N) is 1. The SMILES string of the molecule is CCOc1cc(C=C2SC(=S)N(NC(=O)c3cccc(O)c3)C2=O)ccc1O. The highest BCUT2D eigenvalue weighted by atomic mass is 32.2.